The van der Waals surface area contributed by atoms with Gasteiger partial charge in [0, 0.05) is 24.4 Å². The first-order valence-electron chi connectivity index (χ1n) is 4.70. The fraction of sp³-hybridized carbons (Fsp3) is 0.455. The first kappa shape index (κ1) is 20.7. The Balaban J connectivity index is -0.000000174. The summed E-state index contributed by atoms with van der Waals surface area (Å²) in [6.45, 7) is 9.39. The van der Waals surface area contributed by atoms with Gasteiger partial charge in [0.05, 0.1) is 0 Å². The van der Waals surface area contributed by atoms with Gasteiger partial charge in [0.25, 0.3) is 0 Å². The Labute approximate surface area is 101 Å². The molecule has 0 bridgehead atoms. The van der Waals surface area contributed by atoms with Crippen LogP contribution in [-0.2, 0) is 9.59 Å². The van der Waals surface area contributed by atoms with E-state index in [-0.39, 0.29) is 24.4 Å². The minimum Gasteiger partial charge on any atom is -0.478 e. The number of carboxylic acid groups (broad SMARTS) is 2. The lowest BCUT2D eigenvalue weighted by atomic mass is 10.4. The lowest BCUT2D eigenvalue weighted by Crippen LogP contribution is -1.92. The smallest absolute Gasteiger partial charge is 0.330 e. The third-order valence-corrected chi connectivity index (χ3v) is 1.05. The minimum absolute atomic E-state index is 0.0938. The van der Waals surface area contributed by atoms with E-state index in [1.54, 1.807) is 0 Å². The number of carboxylic acids is 2. The van der Waals surface area contributed by atoms with Crippen molar-refractivity contribution in [3.63, 3.8) is 0 Å². The standard InChI is InChI=1S/2C4H6O2.C3H8O2/c2*1-3(2)4(5)6;4-2-1-3-5/h2*1H2,2H3,(H,5,6);4-5H,1-3H2. The molecule has 0 saturated carbocycles. The first-order valence-corrected chi connectivity index (χ1v) is 4.70. The highest BCUT2D eigenvalue weighted by molar-refractivity contribution is 5.85. The average Bonchev–Trinajstić information content (AvgIpc) is 2.20. The van der Waals surface area contributed by atoms with Crippen LogP contribution < -0.4 is 0 Å². The fourth-order valence-electron chi connectivity index (χ4n) is 0.0707. The summed E-state index contributed by atoms with van der Waals surface area (Å²) in [5.74, 6) is -1.87. The van der Waals surface area contributed by atoms with Crippen molar-refractivity contribution in [3.05, 3.63) is 24.3 Å². The van der Waals surface area contributed by atoms with Crippen molar-refractivity contribution in [2.45, 2.75) is 20.3 Å². The van der Waals surface area contributed by atoms with Gasteiger partial charge in [-0.05, 0) is 20.3 Å². The maximum atomic E-state index is 9.60. The van der Waals surface area contributed by atoms with Crippen LogP contribution in [0.2, 0.25) is 0 Å². The molecule has 0 rings (SSSR count). The Morgan fingerprint density at radius 1 is 0.882 bits per heavy atom. The lowest BCUT2D eigenvalue weighted by Gasteiger charge is -1.79. The second-order valence-electron chi connectivity index (χ2n) is 2.97. The van der Waals surface area contributed by atoms with Gasteiger partial charge in [-0.3, -0.25) is 0 Å². The molecular weight excluding hydrogens is 228 g/mol. The van der Waals surface area contributed by atoms with E-state index in [2.05, 4.69) is 13.2 Å². The summed E-state index contributed by atoms with van der Waals surface area (Å²) in [6.07, 6.45) is 0.500. The molecule has 0 aliphatic carbocycles. The Morgan fingerprint density at radius 3 is 1.06 bits per heavy atom. The number of aliphatic hydroxyl groups is 2. The van der Waals surface area contributed by atoms with Crippen molar-refractivity contribution in [3.8, 4) is 0 Å². The highest BCUT2D eigenvalue weighted by atomic mass is 16.4. The molecule has 4 N–H and O–H groups in total. The molecule has 0 unspecified atom stereocenters. The Hall–Kier alpha value is -1.66. The molecule has 0 fully saturated rings. The summed E-state index contributed by atoms with van der Waals surface area (Å²) in [4.78, 5) is 19.2. The van der Waals surface area contributed by atoms with E-state index in [0.717, 1.165) is 0 Å². The third kappa shape index (κ3) is 31.4. The molecule has 0 atom stereocenters. The molecule has 0 aliphatic rings. The molecule has 0 spiro atoms. The van der Waals surface area contributed by atoms with E-state index in [0.29, 0.717) is 6.42 Å². The fourth-order valence-corrected chi connectivity index (χ4v) is 0.0707. The van der Waals surface area contributed by atoms with E-state index in [1.165, 1.54) is 13.8 Å². The molecular formula is C11H20O6. The van der Waals surface area contributed by atoms with Crippen molar-refractivity contribution >= 4 is 11.9 Å². The van der Waals surface area contributed by atoms with Gasteiger partial charge in [-0.15, -0.1) is 0 Å². The Bertz CT molecular complexity index is 207. The van der Waals surface area contributed by atoms with E-state index in [4.69, 9.17) is 20.4 Å². The predicted octanol–water partition coefficient (Wildman–Crippen LogP) is 0.655. The molecule has 17 heavy (non-hydrogen) atoms. The van der Waals surface area contributed by atoms with Crippen LogP contribution in [0.4, 0.5) is 0 Å². The second kappa shape index (κ2) is 14.3. The van der Waals surface area contributed by atoms with Crippen LogP contribution in [0.25, 0.3) is 0 Å². The Kier molecular flexibility index (Phi) is 17.5. The first-order chi connectivity index (χ1) is 7.70. The van der Waals surface area contributed by atoms with E-state index >= 15 is 0 Å². The van der Waals surface area contributed by atoms with Crippen LogP contribution in [0.5, 0.6) is 0 Å². The van der Waals surface area contributed by atoms with Gasteiger partial charge >= 0.3 is 11.9 Å². The maximum Gasteiger partial charge on any atom is 0.330 e. The summed E-state index contributed by atoms with van der Waals surface area (Å²) in [7, 11) is 0. The van der Waals surface area contributed by atoms with Gasteiger partial charge in [0.2, 0.25) is 0 Å². The molecule has 0 aromatic heterocycles. The molecule has 6 heteroatoms. The molecule has 6 nitrogen and oxygen atoms in total. The molecule has 0 radical (unpaired) electrons. The monoisotopic (exact) mass is 248 g/mol. The van der Waals surface area contributed by atoms with Crippen LogP contribution in [0.3, 0.4) is 0 Å². The van der Waals surface area contributed by atoms with Crippen molar-refractivity contribution < 1.29 is 30.0 Å². The number of aliphatic hydroxyl groups excluding tert-OH is 2. The molecule has 100 valence electrons. The summed E-state index contributed by atoms with van der Waals surface area (Å²) in [5, 5.41) is 31.6. The SMILES string of the molecule is C=C(C)C(=O)O.C=C(C)C(=O)O.OCCCO. The minimum atomic E-state index is -0.935. The summed E-state index contributed by atoms with van der Waals surface area (Å²) < 4.78 is 0. The van der Waals surface area contributed by atoms with Crippen molar-refractivity contribution in [1.82, 2.24) is 0 Å². The van der Waals surface area contributed by atoms with Gasteiger partial charge in [-0.2, -0.15) is 0 Å². The zero-order valence-electron chi connectivity index (χ0n) is 10.1. The second-order valence-corrected chi connectivity index (χ2v) is 2.97. The summed E-state index contributed by atoms with van der Waals surface area (Å²) >= 11 is 0. The predicted molar refractivity (Wildman–Crippen MR) is 63.7 cm³/mol. The van der Waals surface area contributed by atoms with Crippen molar-refractivity contribution in [1.29, 1.82) is 0 Å². The summed E-state index contributed by atoms with van der Waals surface area (Å²) in [5.41, 5.74) is 0.352. The number of hydrogen-bond donors (Lipinski definition) is 4. The van der Waals surface area contributed by atoms with E-state index < -0.39 is 11.9 Å². The number of aliphatic carboxylic acids is 2. The molecule has 0 saturated heterocycles. The molecule has 0 aromatic rings. The molecule has 0 heterocycles. The number of rotatable bonds is 4. The molecule has 0 amide bonds. The average molecular weight is 248 g/mol. The maximum absolute atomic E-state index is 9.60. The Morgan fingerprint density at radius 2 is 1.06 bits per heavy atom. The zero-order chi connectivity index (χ0) is 14.4. The van der Waals surface area contributed by atoms with Gasteiger partial charge in [0.1, 0.15) is 0 Å². The number of carbonyl (C=O) groups is 2. The lowest BCUT2D eigenvalue weighted by molar-refractivity contribution is -0.133. The van der Waals surface area contributed by atoms with Crippen LogP contribution in [0.15, 0.2) is 24.3 Å². The number of hydrogen-bond acceptors (Lipinski definition) is 4. The zero-order valence-corrected chi connectivity index (χ0v) is 10.1. The summed E-state index contributed by atoms with van der Waals surface area (Å²) in [6, 6.07) is 0. The van der Waals surface area contributed by atoms with Crippen LogP contribution in [0, 0.1) is 0 Å². The normalized spacial score (nSPS) is 7.76. The van der Waals surface area contributed by atoms with Gasteiger partial charge in [-0.1, -0.05) is 13.2 Å². The largest absolute Gasteiger partial charge is 0.478 e. The molecule has 0 aliphatic heterocycles. The van der Waals surface area contributed by atoms with Gasteiger partial charge in [-0.25, -0.2) is 9.59 Å². The van der Waals surface area contributed by atoms with Crippen LogP contribution in [0.1, 0.15) is 20.3 Å². The van der Waals surface area contributed by atoms with Crippen molar-refractivity contribution in [2.24, 2.45) is 0 Å². The third-order valence-electron chi connectivity index (χ3n) is 1.05. The topological polar surface area (TPSA) is 115 Å². The molecule has 0 aromatic carbocycles. The van der Waals surface area contributed by atoms with Crippen molar-refractivity contribution in [2.75, 3.05) is 13.2 Å². The van der Waals surface area contributed by atoms with Gasteiger partial charge in [0.15, 0.2) is 0 Å². The highest BCUT2D eigenvalue weighted by Gasteiger charge is 1.90. The highest BCUT2D eigenvalue weighted by Crippen LogP contribution is 1.81. The van der Waals surface area contributed by atoms with E-state index in [1.807, 2.05) is 0 Å². The van der Waals surface area contributed by atoms with Crippen LogP contribution >= 0.6 is 0 Å². The van der Waals surface area contributed by atoms with Crippen LogP contribution in [-0.4, -0.2) is 45.6 Å². The quantitative estimate of drug-likeness (QED) is 0.543. The van der Waals surface area contributed by atoms with Gasteiger partial charge < -0.3 is 20.4 Å². The van der Waals surface area contributed by atoms with E-state index in [9.17, 15) is 9.59 Å².